The number of allylic oxidation sites excluding steroid dienone is 1. The molecule has 0 aliphatic carbocycles. The van der Waals surface area contributed by atoms with Crippen LogP contribution in [-0.4, -0.2) is 13.0 Å². The standard InChI is InChI=1S/C27H24BrNO3/c1-16-8-9-21(10-17(16)2)29-27(30)11-18(3)22-13-23-24(19-6-5-7-20(28)12-19)15-32-26(23)14-25(22)31-4/h5-15H,1-4H3,(H,29,30)/b18-11+. The molecule has 0 spiro atoms. The number of ether oxygens (including phenoxy) is 1. The van der Waals surface area contributed by atoms with Crippen molar-refractivity contribution < 1.29 is 13.9 Å². The molecule has 0 radical (unpaired) electrons. The number of nitrogens with one attached hydrogen (secondary N) is 1. The molecule has 5 heteroatoms. The zero-order valence-corrected chi connectivity index (χ0v) is 20.0. The first-order valence-corrected chi connectivity index (χ1v) is 11.1. The minimum atomic E-state index is -0.188. The Morgan fingerprint density at radius 1 is 1.06 bits per heavy atom. The molecule has 0 bridgehead atoms. The molecule has 4 rings (SSSR count). The van der Waals surface area contributed by atoms with E-state index in [1.807, 2.05) is 75.4 Å². The molecule has 1 amide bonds. The molecule has 1 aromatic heterocycles. The van der Waals surface area contributed by atoms with Crippen molar-refractivity contribution in [2.45, 2.75) is 20.8 Å². The van der Waals surface area contributed by atoms with Crippen LogP contribution in [0, 0.1) is 13.8 Å². The van der Waals surface area contributed by atoms with Crippen LogP contribution >= 0.6 is 15.9 Å². The van der Waals surface area contributed by atoms with Crippen LogP contribution in [0.1, 0.15) is 23.6 Å². The average Bonchev–Trinajstić information content (AvgIpc) is 3.18. The first-order chi connectivity index (χ1) is 15.4. The van der Waals surface area contributed by atoms with Crippen LogP contribution in [0.15, 0.2) is 75.8 Å². The number of methoxy groups -OCH3 is 1. The van der Waals surface area contributed by atoms with Gasteiger partial charge in [0.05, 0.1) is 13.4 Å². The van der Waals surface area contributed by atoms with Crippen molar-refractivity contribution in [3.05, 3.63) is 88.1 Å². The second kappa shape index (κ2) is 9.05. The Balaban J connectivity index is 1.70. The summed E-state index contributed by atoms with van der Waals surface area (Å²) in [6.07, 6.45) is 3.35. The SMILES string of the molecule is COc1cc2occ(-c3cccc(Br)c3)c2cc1/C(C)=C/C(=O)Nc1ccc(C)c(C)c1. The molecule has 0 fully saturated rings. The number of hydrogen-bond acceptors (Lipinski definition) is 3. The van der Waals surface area contributed by atoms with Gasteiger partial charge in [0.1, 0.15) is 11.3 Å². The fourth-order valence-electron chi connectivity index (χ4n) is 3.68. The number of hydrogen-bond donors (Lipinski definition) is 1. The van der Waals surface area contributed by atoms with E-state index in [0.717, 1.165) is 49.0 Å². The van der Waals surface area contributed by atoms with Crippen LogP contribution < -0.4 is 10.1 Å². The van der Waals surface area contributed by atoms with E-state index in [-0.39, 0.29) is 5.91 Å². The summed E-state index contributed by atoms with van der Waals surface area (Å²) < 4.78 is 12.4. The van der Waals surface area contributed by atoms with Gasteiger partial charge in [-0.05, 0) is 73.4 Å². The quantitative estimate of drug-likeness (QED) is 0.294. The summed E-state index contributed by atoms with van der Waals surface area (Å²) in [5, 5.41) is 3.90. The molecule has 0 saturated heterocycles. The summed E-state index contributed by atoms with van der Waals surface area (Å²) in [4.78, 5) is 12.7. The predicted molar refractivity (Wildman–Crippen MR) is 134 cm³/mol. The zero-order chi connectivity index (χ0) is 22.8. The highest BCUT2D eigenvalue weighted by Gasteiger charge is 2.15. The molecule has 1 heterocycles. The van der Waals surface area contributed by atoms with E-state index in [2.05, 4.69) is 21.2 Å². The van der Waals surface area contributed by atoms with E-state index in [1.165, 1.54) is 5.56 Å². The maximum atomic E-state index is 12.7. The van der Waals surface area contributed by atoms with Gasteiger partial charge in [-0.25, -0.2) is 0 Å². The van der Waals surface area contributed by atoms with Crippen molar-refractivity contribution in [3.8, 4) is 16.9 Å². The number of anilines is 1. The van der Waals surface area contributed by atoms with E-state index in [0.29, 0.717) is 5.75 Å². The van der Waals surface area contributed by atoms with Crippen molar-refractivity contribution in [2.75, 3.05) is 12.4 Å². The van der Waals surface area contributed by atoms with Gasteiger partial charge in [0, 0.05) is 38.8 Å². The molecule has 0 unspecified atom stereocenters. The summed E-state index contributed by atoms with van der Waals surface area (Å²) in [6, 6.07) is 17.8. The van der Waals surface area contributed by atoms with E-state index in [9.17, 15) is 4.79 Å². The van der Waals surface area contributed by atoms with Gasteiger partial charge in [-0.1, -0.05) is 34.1 Å². The van der Waals surface area contributed by atoms with Crippen LogP contribution in [0.4, 0.5) is 5.69 Å². The van der Waals surface area contributed by atoms with Crippen LogP contribution in [0.3, 0.4) is 0 Å². The second-order valence-electron chi connectivity index (χ2n) is 7.82. The van der Waals surface area contributed by atoms with Crippen molar-refractivity contribution >= 4 is 44.1 Å². The van der Waals surface area contributed by atoms with Gasteiger partial charge in [0.15, 0.2) is 0 Å². The lowest BCUT2D eigenvalue weighted by Crippen LogP contribution is -2.09. The normalized spacial score (nSPS) is 11.6. The first-order valence-electron chi connectivity index (χ1n) is 10.3. The molecule has 4 nitrogen and oxygen atoms in total. The van der Waals surface area contributed by atoms with E-state index < -0.39 is 0 Å². The molecular weight excluding hydrogens is 466 g/mol. The van der Waals surface area contributed by atoms with Crippen molar-refractivity contribution in [1.29, 1.82) is 0 Å². The number of furan rings is 1. The third-order valence-electron chi connectivity index (χ3n) is 5.58. The fourth-order valence-corrected chi connectivity index (χ4v) is 4.08. The Morgan fingerprint density at radius 3 is 2.59 bits per heavy atom. The molecule has 0 aliphatic rings. The topological polar surface area (TPSA) is 51.5 Å². The molecular formula is C27H24BrNO3. The highest BCUT2D eigenvalue weighted by molar-refractivity contribution is 9.10. The first kappa shape index (κ1) is 21.9. The van der Waals surface area contributed by atoms with Gasteiger partial charge < -0.3 is 14.5 Å². The Bertz CT molecular complexity index is 1350. The number of aryl methyl sites for hydroxylation is 2. The van der Waals surface area contributed by atoms with E-state index in [4.69, 9.17) is 9.15 Å². The van der Waals surface area contributed by atoms with E-state index >= 15 is 0 Å². The minimum absolute atomic E-state index is 0.188. The monoisotopic (exact) mass is 489 g/mol. The highest BCUT2D eigenvalue weighted by atomic mass is 79.9. The Kier molecular flexibility index (Phi) is 6.19. The zero-order valence-electron chi connectivity index (χ0n) is 18.5. The maximum absolute atomic E-state index is 12.7. The largest absolute Gasteiger partial charge is 0.496 e. The van der Waals surface area contributed by atoms with Crippen LogP contribution in [-0.2, 0) is 4.79 Å². The third-order valence-corrected chi connectivity index (χ3v) is 6.07. The van der Waals surface area contributed by atoms with Gasteiger partial charge in [-0.3, -0.25) is 4.79 Å². The average molecular weight is 490 g/mol. The fraction of sp³-hybridized carbons (Fsp3) is 0.148. The minimum Gasteiger partial charge on any atom is -0.496 e. The molecule has 0 aliphatic heterocycles. The molecule has 162 valence electrons. The van der Waals surface area contributed by atoms with Crippen molar-refractivity contribution in [3.63, 3.8) is 0 Å². The number of benzene rings is 3. The van der Waals surface area contributed by atoms with Crippen LogP contribution in [0.25, 0.3) is 27.7 Å². The van der Waals surface area contributed by atoms with Gasteiger partial charge in [0.2, 0.25) is 5.91 Å². The Hall–Kier alpha value is -3.31. The summed E-state index contributed by atoms with van der Waals surface area (Å²) in [6.45, 7) is 5.98. The number of fused-ring (bicyclic) bond motifs is 1. The number of amides is 1. The van der Waals surface area contributed by atoms with Crippen LogP contribution in [0.5, 0.6) is 5.75 Å². The number of halogens is 1. The van der Waals surface area contributed by atoms with Gasteiger partial charge in [-0.2, -0.15) is 0 Å². The molecule has 32 heavy (non-hydrogen) atoms. The summed E-state index contributed by atoms with van der Waals surface area (Å²) in [5.41, 5.74) is 7.49. The van der Waals surface area contributed by atoms with Crippen molar-refractivity contribution in [1.82, 2.24) is 0 Å². The second-order valence-corrected chi connectivity index (χ2v) is 8.74. The lowest BCUT2D eigenvalue weighted by Gasteiger charge is -2.11. The van der Waals surface area contributed by atoms with E-state index in [1.54, 1.807) is 19.4 Å². The smallest absolute Gasteiger partial charge is 0.248 e. The predicted octanol–water partition coefficient (Wildman–Crippen LogP) is 7.53. The molecule has 0 atom stereocenters. The summed E-state index contributed by atoms with van der Waals surface area (Å²) in [5.74, 6) is 0.465. The van der Waals surface area contributed by atoms with Crippen LogP contribution in [0.2, 0.25) is 0 Å². The number of carbonyl (C=O) groups excluding carboxylic acids is 1. The maximum Gasteiger partial charge on any atom is 0.248 e. The number of carbonyl (C=O) groups is 1. The van der Waals surface area contributed by atoms with Gasteiger partial charge in [0.25, 0.3) is 0 Å². The summed E-state index contributed by atoms with van der Waals surface area (Å²) in [7, 11) is 1.62. The van der Waals surface area contributed by atoms with Crippen molar-refractivity contribution in [2.24, 2.45) is 0 Å². The Labute approximate surface area is 196 Å². The lowest BCUT2D eigenvalue weighted by molar-refractivity contribution is -0.111. The molecule has 1 N–H and O–H groups in total. The highest BCUT2D eigenvalue weighted by Crippen LogP contribution is 2.38. The van der Waals surface area contributed by atoms with Gasteiger partial charge >= 0.3 is 0 Å². The lowest BCUT2D eigenvalue weighted by atomic mass is 9.99. The number of rotatable bonds is 5. The molecule has 0 saturated carbocycles. The molecule has 4 aromatic rings. The third kappa shape index (κ3) is 4.48. The summed E-state index contributed by atoms with van der Waals surface area (Å²) >= 11 is 3.53. The van der Waals surface area contributed by atoms with Gasteiger partial charge in [-0.15, -0.1) is 0 Å². The Morgan fingerprint density at radius 2 is 1.88 bits per heavy atom. The molecule has 3 aromatic carbocycles.